The smallest absolute Gasteiger partial charge is 0.160 e. The first-order valence-electron chi connectivity index (χ1n) is 7.73. The lowest BCUT2D eigenvalue weighted by Gasteiger charge is -2.32. The van der Waals surface area contributed by atoms with E-state index in [9.17, 15) is 22.3 Å². The van der Waals surface area contributed by atoms with E-state index in [4.69, 9.17) is 0 Å². The number of benzene rings is 1. The molecule has 6 heteroatoms. The van der Waals surface area contributed by atoms with Gasteiger partial charge in [0.05, 0.1) is 16.6 Å². The van der Waals surface area contributed by atoms with E-state index in [0.29, 0.717) is 24.8 Å². The lowest BCUT2D eigenvalue weighted by Crippen LogP contribution is -2.40. The molecule has 0 saturated heterocycles. The molecule has 0 unspecified atom stereocenters. The first kappa shape index (κ1) is 15.9. The summed E-state index contributed by atoms with van der Waals surface area (Å²) in [5, 5.41) is 9.59. The van der Waals surface area contributed by atoms with Crippen LogP contribution in [0.2, 0.25) is 0 Å². The fraction of sp³-hybridized carbons (Fsp3) is 0.625. The van der Waals surface area contributed by atoms with Crippen LogP contribution in [0.3, 0.4) is 0 Å². The van der Waals surface area contributed by atoms with Crippen LogP contribution in [0.25, 0.3) is 0 Å². The van der Waals surface area contributed by atoms with E-state index < -0.39 is 32.3 Å². The van der Waals surface area contributed by atoms with Gasteiger partial charge < -0.3 is 5.11 Å². The SMILES string of the molecule is O=S(=O)(CC1(O)CCCCC1)[C@H]1CCc2c(F)cc(F)cc21. The molecular weight excluding hydrogens is 310 g/mol. The Kier molecular flexibility index (Phi) is 4.01. The Morgan fingerprint density at radius 1 is 1.18 bits per heavy atom. The van der Waals surface area contributed by atoms with Gasteiger partial charge in [-0.05, 0) is 42.9 Å². The number of rotatable bonds is 3. The lowest BCUT2D eigenvalue weighted by atomic mass is 9.86. The molecule has 1 atom stereocenters. The molecule has 122 valence electrons. The largest absolute Gasteiger partial charge is 0.389 e. The predicted octanol–water partition coefficient (Wildman–Crippen LogP) is 3.06. The zero-order valence-electron chi connectivity index (χ0n) is 12.3. The summed E-state index contributed by atoms with van der Waals surface area (Å²) < 4.78 is 52.6. The van der Waals surface area contributed by atoms with Crippen LogP contribution in [0, 0.1) is 11.6 Å². The van der Waals surface area contributed by atoms with Gasteiger partial charge in [-0.2, -0.15) is 0 Å². The summed E-state index contributed by atoms with van der Waals surface area (Å²) >= 11 is 0. The van der Waals surface area contributed by atoms with E-state index >= 15 is 0 Å². The van der Waals surface area contributed by atoms with Crippen molar-refractivity contribution < 1.29 is 22.3 Å². The molecule has 3 nitrogen and oxygen atoms in total. The highest BCUT2D eigenvalue weighted by molar-refractivity contribution is 7.91. The Morgan fingerprint density at radius 3 is 2.55 bits per heavy atom. The molecule has 2 aliphatic rings. The van der Waals surface area contributed by atoms with Crippen LogP contribution >= 0.6 is 0 Å². The Morgan fingerprint density at radius 2 is 1.86 bits per heavy atom. The van der Waals surface area contributed by atoms with Crippen molar-refractivity contribution in [1.82, 2.24) is 0 Å². The van der Waals surface area contributed by atoms with Crippen LogP contribution in [0.15, 0.2) is 12.1 Å². The summed E-state index contributed by atoms with van der Waals surface area (Å²) in [7, 11) is -3.65. The topological polar surface area (TPSA) is 54.4 Å². The Balaban J connectivity index is 1.89. The molecule has 1 N–H and O–H groups in total. The van der Waals surface area contributed by atoms with Crippen LogP contribution in [-0.2, 0) is 16.3 Å². The second kappa shape index (κ2) is 5.57. The average Bonchev–Trinajstić information content (AvgIpc) is 2.83. The average molecular weight is 330 g/mol. The third kappa shape index (κ3) is 2.91. The lowest BCUT2D eigenvalue weighted by molar-refractivity contribution is 0.0255. The highest BCUT2D eigenvalue weighted by Crippen LogP contribution is 2.41. The highest BCUT2D eigenvalue weighted by Gasteiger charge is 2.41. The molecular formula is C16H20F2O3S. The molecule has 2 aliphatic carbocycles. The number of aliphatic hydroxyl groups is 1. The van der Waals surface area contributed by atoms with Gasteiger partial charge in [-0.1, -0.05) is 19.3 Å². The Bertz CT molecular complexity index is 679. The van der Waals surface area contributed by atoms with E-state index in [1.54, 1.807) is 0 Å². The van der Waals surface area contributed by atoms with Crippen molar-refractivity contribution in [2.75, 3.05) is 5.75 Å². The van der Waals surface area contributed by atoms with Crippen LogP contribution in [-0.4, -0.2) is 24.9 Å². The molecule has 0 amide bonds. The van der Waals surface area contributed by atoms with E-state index in [2.05, 4.69) is 0 Å². The number of hydrogen-bond donors (Lipinski definition) is 1. The molecule has 1 saturated carbocycles. The van der Waals surface area contributed by atoms with Crippen molar-refractivity contribution in [3.63, 3.8) is 0 Å². The van der Waals surface area contributed by atoms with Crippen molar-refractivity contribution in [3.05, 3.63) is 34.9 Å². The van der Waals surface area contributed by atoms with Crippen LogP contribution in [0.1, 0.15) is 54.9 Å². The molecule has 22 heavy (non-hydrogen) atoms. The van der Waals surface area contributed by atoms with Gasteiger partial charge in [0, 0.05) is 6.07 Å². The summed E-state index contributed by atoms with van der Waals surface area (Å²) in [6.07, 6.45) is 4.14. The fourth-order valence-corrected chi connectivity index (χ4v) is 6.12. The number of halogens is 2. The molecule has 0 aliphatic heterocycles. The molecule has 0 heterocycles. The molecule has 1 fully saturated rings. The first-order chi connectivity index (χ1) is 10.3. The minimum absolute atomic E-state index is 0.233. The maximum Gasteiger partial charge on any atom is 0.160 e. The minimum atomic E-state index is -3.65. The van der Waals surface area contributed by atoms with Gasteiger partial charge in [0.25, 0.3) is 0 Å². The molecule has 3 rings (SSSR count). The predicted molar refractivity (Wildman–Crippen MR) is 79.2 cm³/mol. The maximum atomic E-state index is 13.8. The third-order valence-electron chi connectivity index (χ3n) is 4.89. The second-order valence-corrected chi connectivity index (χ2v) is 8.76. The molecule has 0 bridgehead atoms. The van der Waals surface area contributed by atoms with E-state index in [1.165, 1.54) is 0 Å². The number of hydrogen-bond acceptors (Lipinski definition) is 3. The highest BCUT2D eigenvalue weighted by atomic mass is 32.2. The van der Waals surface area contributed by atoms with Crippen molar-refractivity contribution >= 4 is 9.84 Å². The zero-order chi connectivity index (χ0) is 16.0. The van der Waals surface area contributed by atoms with Gasteiger partial charge >= 0.3 is 0 Å². The van der Waals surface area contributed by atoms with E-state index in [1.807, 2.05) is 0 Å². The standard InChI is InChI=1S/C16H20F2O3S/c17-11-8-13-12(14(18)9-11)4-5-15(13)22(20,21)10-16(19)6-2-1-3-7-16/h8-9,15,19H,1-7,10H2/t15-/m0/s1. The van der Waals surface area contributed by atoms with Crippen molar-refractivity contribution in [1.29, 1.82) is 0 Å². The van der Waals surface area contributed by atoms with Crippen LogP contribution in [0.4, 0.5) is 8.78 Å². The summed E-state index contributed by atoms with van der Waals surface area (Å²) in [5.74, 6) is -1.75. The number of fused-ring (bicyclic) bond motifs is 1. The molecule has 0 radical (unpaired) electrons. The first-order valence-corrected chi connectivity index (χ1v) is 9.44. The monoisotopic (exact) mass is 330 g/mol. The van der Waals surface area contributed by atoms with Gasteiger partial charge in [0.2, 0.25) is 0 Å². The zero-order valence-corrected chi connectivity index (χ0v) is 13.1. The van der Waals surface area contributed by atoms with Crippen molar-refractivity contribution in [2.45, 2.75) is 55.8 Å². The fourth-order valence-electron chi connectivity index (χ4n) is 3.81. The summed E-state index contributed by atoms with van der Waals surface area (Å²) in [5.41, 5.74) is -0.659. The third-order valence-corrected chi connectivity index (χ3v) is 7.18. The van der Waals surface area contributed by atoms with Gasteiger partial charge in [0.15, 0.2) is 9.84 Å². The molecule has 0 aromatic heterocycles. The quantitative estimate of drug-likeness (QED) is 0.927. The molecule has 0 spiro atoms. The van der Waals surface area contributed by atoms with Crippen LogP contribution in [0.5, 0.6) is 0 Å². The maximum absolute atomic E-state index is 13.8. The normalized spacial score (nSPS) is 24.2. The van der Waals surface area contributed by atoms with Crippen molar-refractivity contribution in [3.8, 4) is 0 Å². The van der Waals surface area contributed by atoms with Gasteiger partial charge in [-0.25, -0.2) is 17.2 Å². The summed E-state index contributed by atoms with van der Waals surface area (Å²) in [4.78, 5) is 0. The van der Waals surface area contributed by atoms with E-state index in [-0.39, 0.29) is 17.7 Å². The Hall–Kier alpha value is -1.01. The molecule has 1 aromatic carbocycles. The van der Waals surface area contributed by atoms with Crippen molar-refractivity contribution in [2.24, 2.45) is 0 Å². The number of sulfone groups is 1. The van der Waals surface area contributed by atoms with Gasteiger partial charge in [-0.15, -0.1) is 0 Å². The van der Waals surface area contributed by atoms with Gasteiger partial charge in [-0.3, -0.25) is 0 Å². The summed E-state index contributed by atoms with van der Waals surface area (Å²) in [6, 6.07) is 1.92. The molecule has 1 aromatic rings. The minimum Gasteiger partial charge on any atom is -0.389 e. The van der Waals surface area contributed by atoms with E-state index in [0.717, 1.165) is 31.4 Å². The second-order valence-electron chi connectivity index (χ2n) is 6.57. The Labute approximate surface area is 129 Å². The summed E-state index contributed by atoms with van der Waals surface area (Å²) in [6.45, 7) is 0. The van der Waals surface area contributed by atoms with Gasteiger partial charge in [0.1, 0.15) is 11.6 Å². The van der Waals surface area contributed by atoms with Crippen LogP contribution < -0.4 is 0 Å².